The number of nitrogens with one attached hydrogen (secondary N) is 1. The molecule has 0 fully saturated rings. The quantitative estimate of drug-likeness (QED) is 0.487. The number of hydrogen-bond donors (Lipinski definition) is 1. The molecule has 6 heteroatoms. The number of carbonyl (C=O) groups excluding carboxylic acids is 1. The summed E-state index contributed by atoms with van der Waals surface area (Å²) < 4.78 is 28.5. The highest BCUT2D eigenvalue weighted by Crippen LogP contribution is 2.34. The van der Waals surface area contributed by atoms with E-state index in [0.717, 1.165) is 34.9 Å². The van der Waals surface area contributed by atoms with Crippen molar-refractivity contribution in [2.24, 2.45) is 7.05 Å². The van der Waals surface area contributed by atoms with Gasteiger partial charge in [0, 0.05) is 29.7 Å². The molecule has 1 amide bonds. The lowest BCUT2D eigenvalue weighted by Gasteiger charge is -2.24. The van der Waals surface area contributed by atoms with Gasteiger partial charge in [-0.25, -0.2) is 8.42 Å². The first-order valence-corrected chi connectivity index (χ1v) is 12.7. The zero-order valence-corrected chi connectivity index (χ0v) is 19.3. The maximum absolute atomic E-state index is 13.2. The van der Waals surface area contributed by atoms with Crippen molar-refractivity contribution in [3.63, 3.8) is 0 Å². The van der Waals surface area contributed by atoms with E-state index in [-0.39, 0.29) is 11.9 Å². The van der Waals surface area contributed by atoms with Gasteiger partial charge in [-0.1, -0.05) is 48.5 Å². The molecule has 1 heterocycles. The van der Waals surface area contributed by atoms with E-state index in [1.807, 2.05) is 49.5 Å². The largest absolute Gasteiger partial charge is 0.353 e. The minimum atomic E-state index is -3.59. The fourth-order valence-corrected chi connectivity index (χ4v) is 6.15. The maximum Gasteiger partial charge on any atom is 0.224 e. The summed E-state index contributed by atoms with van der Waals surface area (Å²) in [6, 6.07) is 23.7. The number of amides is 1. The predicted molar refractivity (Wildman–Crippen MR) is 129 cm³/mol. The molecule has 1 aliphatic carbocycles. The first kappa shape index (κ1) is 21.5. The molecule has 1 aliphatic rings. The summed E-state index contributed by atoms with van der Waals surface area (Å²) in [5.74, 6) is 0.0160. The summed E-state index contributed by atoms with van der Waals surface area (Å²) in [5.41, 5.74) is 4.36. The highest BCUT2D eigenvalue weighted by molar-refractivity contribution is 7.91. The number of sulfone groups is 1. The fraction of sp³-hybridized carbons (Fsp3) is 0.222. The Bertz CT molecular complexity index is 1420. The van der Waals surface area contributed by atoms with Crippen molar-refractivity contribution >= 4 is 26.6 Å². The zero-order chi connectivity index (χ0) is 23.0. The van der Waals surface area contributed by atoms with Gasteiger partial charge in [-0.3, -0.25) is 4.79 Å². The predicted octanol–water partition coefficient (Wildman–Crippen LogP) is 4.23. The van der Waals surface area contributed by atoms with E-state index in [4.69, 9.17) is 0 Å². The van der Waals surface area contributed by atoms with Crippen molar-refractivity contribution in [2.45, 2.75) is 41.5 Å². The van der Waals surface area contributed by atoms with Gasteiger partial charge in [0.1, 0.15) is 0 Å². The average molecular weight is 459 g/mol. The number of aromatic nitrogens is 1. The van der Waals surface area contributed by atoms with Crippen molar-refractivity contribution in [3.05, 3.63) is 95.7 Å². The second kappa shape index (κ2) is 8.52. The highest BCUT2D eigenvalue weighted by atomic mass is 32.2. The number of hydrogen-bond acceptors (Lipinski definition) is 3. The highest BCUT2D eigenvalue weighted by Gasteiger charge is 2.27. The lowest BCUT2D eigenvalue weighted by atomic mass is 9.91. The minimum Gasteiger partial charge on any atom is -0.353 e. The minimum absolute atomic E-state index is 0.0160. The van der Waals surface area contributed by atoms with E-state index in [0.29, 0.717) is 22.6 Å². The fourth-order valence-electron chi connectivity index (χ4n) is 4.84. The molecule has 4 aromatic rings. The van der Waals surface area contributed by atoms with Gasteiger partial charge in [0.05, 0.1) is 16.2 Å². The van der Waals surface area contributed by atoms with Crippen LogP contribution in [0.2, 0.25) is 0 Å². The van der Waals surface area contributed by atoms with Gasteiger partial charge in [-0.05, 0) is 60.7 Å². The standard InChI is InChI=1S/C27H26N2O3S/c1-29-25-14-12-20(28-27(30)16-19-8-4-2-5-9-19)17-23(25)24-18-22(13-15-26(24)29)33(31,32)21-10-6-3-7-11-21/h2-11,13,15,18,20H,12,14,16-17H2,1H3,(H,28,30)/t20-/m0/s1. The topological polar surface area (TPSA) is 68.2 Å². The molecule has 0 spiro atoms. The molecule has 3 aromatic carbocycles. The number of benzene rings is 3. The Hall–Kier alpha value is -3.38. The summed E-state index contributed by atoms with van der Waals surface area (Å²) in [6.45, 7) is 0. The zero-order valence-electron chi connectivity index (χ0n) is 18.5. The lowest BCUT2D eigenvalue weighted by molar-refractivity contribution is -0.121. The summed E-state index contributed by atoms with van der Waals surface area (Å²) in [4.78, 5) is 13.2. The number of nitrogens with zero attached hydrogens (tertiary/aromatic N) is 1. The molecule has 0 radical (unpaired) electrons. The molecule has 5 rings (SSSR count). The second-order valence-electron chi connectivity index (χ2n) is 8.65. The van der Waals surface area contributed by atoms with E-state index >= 15 is 0 Å². The van der Waals surface area contributed by atoms with Crippen LogP contribution >= 0.6 is 0 Å². The Morgan fingerprint density at radius 1 is 0.970 bits per heavy atom. The van der Waals surface area contributed by atoms with E-state index in [2.05, 4.69) is 9.88 Å². The molecule has 1 atom stereocenters. The summed E-state index contributed by atoms with van der Waals surface area (Å²) >= 11 is 0. The third-order valence-electron chi connectivity index (χ3n) is 6.52. The molecule has 0 bridgehead atoms. The first-order chi connectivity index (χ1) is 15.9. The van der Waals surface area contributed by atoms with E-state index in [9.17, 15) is 13.2 Å². The molecular weight excluding hydrogens is 432 g/mol. The van der Waals surface area contributed by atoms with Crippen LogP contribution in [0.1, 0.15) is 23.2 Å². The molecule has 1 N–H and O–H groups in total. The van der Waals surface area contributed by atoms with Crippen LogP contribution in [-0.4, -0.2) is 24.9 Å². The normalized spacial score (nSPS) is 15.8. The number of carbonyl (C=O) groups is 1. The van der Waals surface area contributed by atoms with Crippen molar-refractivity contribution < 1.29 is 13.2 Å². The Labute approximate surface area is 194 Å². The number of aryl methyl sites for hydroxylation is 1. The van der Waals surface area contributed by atoms with Crippen molar-refractivity contribution in [1.82, 2.24) is 9.88 Å². The first-order valence-electron chi connectivity index (χ1n) is 11.2. The van der Waals surface area contributed by atoms with Crippen LogP contribution in [0.5, 0.6) is 0 Å². The van der Waals surface area contributed by atoms with Crippen LogP contribution < -0.4 is 5.32 Å². The molecule has 0 unspecified atom stereocenters. The number of rotatable bonds is 5. The van der Waals surface area contributed by atoms with Crippen LogP contribution in [0.3, 0.4) is 0 Å². The van der Waals surface area contributed by atoms with Gasteiger partial charge in [-0.15, -0.1) is 0 Å². The Balaban J connectivity index is 1.44. The smallest absolute Gasteiger partial charge is 0.224 e. The van der Waals surface area contributed by atoms with Gasteiger partial charge < -0.3 is 9.88 Å². The van der Waals surface area contributed by atoms with Crippen molar-refractivity contribution in [2.75, 3.05) is 0 Å². The summed E-state index contributed by atoms with van der Waals surface area (Å²) in [6.07, 6.45) is 2.77. The Kier molecular flexibility index (Phi) is 5.54. The third-order valence-corrected chi connectivity index (χ3v) is 8.29. The van der Waals surface area contributed by atoms with E-state index in [1.54, 1.807) is 36.4 Å². The van der Waals surface area contributed by atoms with Crippen LogP contribution in [0.25, 0.3) is 10.9 Å². The lowest BCUT2D eigenvalue weighted by Crippen LogP contribution is -2.39. The van der Waals surface area contributed by atoms with Crippen LogP contribution in [0, 0.1) is 0 Å². The Morgan fingerprint density at radius 3 is 2.39 bits per heavy atom. The molecule has 0 saturated heterocycles. The van der Waals surface area contributed by atoms with Gasteiger partial charge >= 0.3 is 0 Å². The van der Waals surface area contributed by atoms with Crippen molar-refractivity contribution in [1.29, 1.82) is 0 Å². The van der Waals surface area contributed by atoms with Crippen LogP contribution in [-0.2, 0) is 40.9 Å². The summed E-state index contributed by atoms with van der Waals surface area (Å²) in [5, 5.41) is 4.14. The SMILES string of the molecule is Cn1c2c(c3cc(S(=O)(=O)c4ccccc4)ccc31)C[C@@H](NC(=O)Cc1ccccc1)CC2. The van der Waals surface area contributed by atoms with Gasteiger partial charge in [0.25, 0.3) is 0 Å². The molecule has 1 aromatic heterocycles. The monoisotopic (exact) mass is 458 g/mol. The molecule has 33 heavy (non-hydrogen) atoms. The van der Waals surface area contributed by atoms with E-state index < -0.39 is 9.84 Å². The molecule has 168 valence electrons. The molecule has 5 nitrogen and oxygen atoms in total. The van der Waals surface area contributed by atoms with Crippen molar-refractivity contribution in [3.8, 4) is 0 Å². The molecule has 0 aliphatic heterocycles. The van der Waals surface area contributed by atoms with Gasteiger partial charge in [-0.2, -0.15) is 0 Å². The molecular formula is C27H26N2O3S. The summed E-state index contributed by atoms with van der Waals surface area (Å²) in [7, 11) is -1.57. The molecule has 0 saturated carbocycles. The van der Waals surface area contributed by atoms with E-state index in [1.165, 1.54) is 5.69 Å². The van der Waals surface area contributed by atoms with Crippen LogP contribution in [0.4, 0.5) is 0 Å². The maximum atomic E-state index is 13.2. The number of fused-ring (bicyclic) bond motifs is 3. The van der Waals surface area contributed by atoms with Gasteiger partial charge in [0.15, 0.2) is 0 Å². The second-order valence-corrected chi connectivity index (χ2v) is 10.6. The van der Waals surface area contributed by atoms with Crippen LogP contribution in [0.15, 0.2) is 88.7 Å². The third kappa shape index (κ3) is 4.07. The Morgan fingerprint density at radius 2 is 1.67 bits per heavy atom. The average Bonchev–Trinajstić information content (AvgIpc) is 3.11. The van der Waals surface area contributed by atoms with Gasteiger partial charge in [0.2, 0.25) is 15.7 Å².